The van der Waals surface area contributed by atoms with Crippen LogP contribution in [0.1, 0.15) is 5.56 Å². The summed E-state index contributed by atoms with van der Waals surface area (Å²) in [7, 11) is 4.61. The van der Waals surface area contributed by atoms with E-state index in [1.165, 1.54) is 27.4 Å². The van der Waals surface area contributed by atoms with Gasteiger partial charge in [-0.3, -0.25) is 4.79 Å². The van der Waals surface area contributed by atoms with Crippen molar-refractivity contribution in [3.8, 4) is 34.3 Å². The molecular formula is C25H22O6. The fourth-order valence-electron chi connectivity index (χ4n) is 3.40. The Morgan fingerprint density at radius 2 is 1.48 bits per heavy atom. The highest BCUT2D eigenvalue weighted by Gasteiger charge is 2.17. The maximum absolute atomic E-state index is 13.0. The highest BCUT2D eigenvalue weighted by atomic mass is 16.5. The molecule has 0 aliphatic heterocycles. The lowest BCUT2D eigenvalue weighted by atomic mass is 10.1. The lowest BCUT2D eigenvalue weighted by Gasteiger charge is -2.14. The molecule has 4 rings (SSSR count). The minimum atomic E-state index is -0.200. The van der Waals surface area contributed by atoms with Crippen LogP contribution in [0, 0.1) is 0 Å². The van der Waals surface area contributed by atoms with Crippen LogP contribution < -0.4 is 24.4 Å². The number of rotatable bonds is 7. The molecule has 3 aromatic carbocycles. The zero-order valence-electron chi connectivity index (χ0n) is 17.5. The van der Waals surface area contributed by atoms with E-state index in [-0.39, 0.29) is 5.43 Å². The minimum Gasteiger partial charge on any atom is -0.493 e. The number of methoxy groups -OCH3 is 3. The van der Waals surface area contributed by atoms with Crippen LogP contribution >= 0.6 is 0 Å². The fourth-order valence-corrected chi connectivity index (χ4v) is 3.40. The van der Waals surface area contributed by atoms with Crippen LogP contribution in [-0.2, 0) is 6.61 Å². The molecule has 6 heteroatoms. The molecular weight excluding hydrogens is 396 g/mol. The molecule has 0 saturated carbocycles. The monoisotopic (exact) mass is 418 g/mol. The normalized spacial score (nSPS) is 10.7. The average Bonchev–Trinajstić information content (AvgIpc) is 2.82. The molecule has 0 aliphatic rings. The number of fused-ring (bicyclic) bond motifs is 1. The molecule has 0 saturated heterocycles. The smallest absolute Gasteiger partial charge is 0.203 e. The third kappa shape index (κ3) is 4.05. The van der Waals surface area contributed by atoms with Crippen molar-refractivity contribution in [2.45, 2.75) is 6.61 Å². The molecule has 0 amide bonds. The van der Waals surface area contributed by atoms with E-state index in [0.717, 1.165) is 5.56 Å². The van der Waals surface area contributed by atoms with Gasteiger partial charge in [-0.1, -0.05) is 36.4 Å². The Bertz CT molecular complexity index is 1240. The SMILES string of the molecule is COc1cc(-c2cc(=O)c3c(OCc4ccccc4)cccc3o2)cc(OC)c1OC. The quantitative estimate of drug-likeness (QED) is 0.418. The molecule has 0 aliphatic carbocycles. The maximum atomic E-state index is 13.0. The Hall–Kier alpha value is -3.93. The molecule has 31 heavy (non-hydrogen) atoms. The summed E-state index contributed by atoms with van der Waals surface area (Å²) in [6.45, 7) is 0.355. The molecule has 158 valence electrons. The highest BCUT2D eigenvalue weighted by molar-refractivity contribution is 5.85. The number of hydrogen-bond donors (Lipinski definition) is 0. The fraction of sp³-hybridized carbons (Fsp3) is 0.160. The Morgan fingerprint density at radius 1 is 0.774 bits per heavy atom. The van der Waals surface area contributed by atoms with Crippen LogP contribution in [0.4, 0.5) is 0 Å². The summed E-state index contributed by atoms with van der Waals surface area (Å²) in [6, 6.07) is 20.0. The van der Waals surface area contributed by atoms with Crippen molar-refractivity contribution in [3.63, 3.8) is 0 Å². The summed E-state index contributed by atoms with van der Waals surface area (Å²) in [5.41, 5.74) is 1.87. The molecule has 1 aromatic heterocycles. The summed E-state index contributed by atoms with van der Waals surface area (Å²) in [5, 5.41) is 0.398. The molecule has 0 fully saturated rings. The van der Waals surface area contributed by atoms with Crippen molar-refractivity contribution in [2.24, 2.45) is 0 Å². The topological polar surface area (TPSA) is 67.1 Å². The standard InChI is InChI=1S/C25H22O6/c1-27-22-12-17(13-23(28-2)25(22)29-3)21-14-18(26)24-19(10-7-11-20(24)31-21)30-15-16-8-5-4-6-9-16/h4-14H,15H2,1-3H3. The van der Waals surface area contributed by atoms with Crippen molar-refractivity contribution < 1.29 is 23.4 Å². The van der Waals surface area contributed by atoms with Gasteiger partial charge in [0.1, 0.15) is 29.1 Å². The molecule has 0 atom stereocenters. The van der Waals surface area contributed by atoms with Crippen molar-refractivity contribution >= 4 is 11.0 Å². The number of benzene rings is 3. The van der Waals surface area contributed by atoms with Gasteiger partial charge >= 0.3 is 0 Å². The molecule has 0 unspecified atom stereocenters. The van der Waals surface area contributed by atoms with Crippen molar-refractivity contribution in [1.82, 2.24) is 0 Å². The van der Waals surface area contributed by atoms with Gasteiger partial charge in [0.15, 0.2) is 16.9 Å². The second-order valence-electron chi connectivity index (χ2n) is 6.79. The minimum absolute atomic E-state index is 0.200. The Labute approximate surface area is 179 Å². The van der Waals surface area contributed by atoms with Gasteiger partial charge in [0.25, 0.3) is 0 Å². The molecule has 0 radical (unpaired) electrons. The van der Waals surface area contributed by atoms with Crippen molar-refractivity contribution in [1.29, 1.82) is 0 Å². The molecule has 1 heterocycles. The molecule has 0 spiro atoms. The van der Waals surface area contributed by atoms with Gasteiger partial charge in [0.2, 0.25) is 5.75 Å². The van der Waals surface area contributed by atoms with E-state index in [4.69, 9.17) is 23.4 Å². The van der Waals surface area contributed by atoms with Crippen LogP contribution in [0.25, 0.3) is 22.3 Å². The summed E-state index contributed by atoms with van der Waals surface area (Å²) < 4.78 is 28.2. The number of hydrogen-bond acceptors (Lipinski definition) is 6. The average molecular weight is 418 g/mol. The van der Waals surface area contributed by atoms with Crippen LogP contribution in [-0.4, -0.2) is 21.3 Å². The van der Waals surface area contributed by atoms with Gasteiger partial charge in [-0.15, -0.1) is 0 Å². The first kappa shape index (κ1) is 20.3. The second kappa shape index (κ2) is 8.83. The van der Waals surface area contributed by atoms with E-state index >= 15 is 0 Å². The zero-order chi connectivity index (χ0) is 21.8. The van der Waals surface area contributed by atoms with Crippen LogP contribution in [0.5, 0.6) is 23.0 Å². The molecule has 0 bridgehead atoms. The predicted octanol–water partition coefficient (Wildman–Crippen LogP) is 5.06. The molecule has 0 N–H and O–H groups in total. The van der Waals surface area contributed by atoms with E-state index in [0.29, 0.717) is 51.9 Å². The Morgan fingerprint density at radius 3 is 2.13 bits per heavy atom. The van der Waals surface area contributed by atoms with Gasteiger partial charge in [0, 0.05) is 11.6 Å². The number of ether oxygens (including phenoxy) is 4. The predicted molar refractivity (Wildman–Crippen MR) is 118 cm³/mol. The van der Waals surface area contributed by atoms with Gasteiger partial charge < -0.3 is 23.4 Å². The Balaban J connectivity index is 1.76. The first-order valence-electron chi connectivity index (χ1n) is 9.68. The molecule has 6 nitrogen and oxygen atoms in total. The van der Waals surface area contributed by atoms with E-state index < -0.39 is 0 Å². The van der Waals surface area contributed by atoms with E-state index in [9.17, 15) is 4.79 Å². The van der Waals surface area contributed by atoms with Gasteiger partial charge in [-0.05, 0) is 29.8 Å². The van der Waals surface area contributed by atoms with E-state index in [1.807, 2.05) is 30.3 Å². The third-order valence-corrected chi connectivity index (χ3v) is 4.90. The largest absolute Gasteiger partial charge is 0.493 e. The third-order valence-electron chi connectivity index (χ3n) is 4.90. The lowest BCUT2D eigenvalue weighted by molar-refractivity contribution is 0.309. The maximum Gasteiger partial charge on any atom is 0.203 e. The second-order valence-corrected chi connectivity index (χ2v) is 6.79. The summed E-state index contributed by atoms with van der Waals surface area (Å²) in [4.78, 5) is 13.0. The van der Waals surface area contributed by atoms with Crippen LogP contribution in [0.3, 0.4) is 0 Å². The van der Waals surface area contributed by atoms with Gasteiger partial charge in [-0.25, -0.2) is 0 Å². The lowest BCUT2D eigenvalue weighted by Crippen LogP contribution is -2.04. The summed E-state index contributed by atoms with van der Waals surface area (Å²) in [6.07, 6.45) is 0. The highest BCUT2D eigenvalue weighted by Crippen LogP contribution is 2.41. The summed E-state index contributed by atoms with van der Waals surface area (Å²) in [5.74, 6) is 2.27. The van der Waals surface area contributed by atoms with Crippen LogP contribution in [0.15, 0.2) is 75.9 Å². The van der Waals surface area contributed by atoms with Crippen LogP contribution in [0.2, 0.25) is 0 Å². The molecule has 4 aromatic rings. The van der Waals surface area contributed by atoms with Gasteiger partial charge in [0.05, 0.1) is 21.3 Å². The summed E-state index contributed by atoms with van der Waals surface area (Å²) >= 11 is 0. The van der Waals surface area contributed by atoms with Crippen molar-refractivity contribution in [3.05, 3.63) is 82.5 Å². The van der Waals surface area contributed by atoms with E-state index in [1.54, 1.807) is 30.3 Å². The first-order chi connectivity index (χ1) is 15.1. The van der Waals surface area contributed by atoms with Crippen molar-refractivity contribution in [2.75, 3.05) is 21.3 Å². The first-order valence-corrected chi connectivity index (χ1v) is 9.68. The zero-order valence-corrected chi connectivity index (χ0v) is 17.5. The van der Waals surface area contributed by atoms with E-state index in [2.05, 4.69) is 0 Å². The van der Waals surface area contributed by atoms with Gasteiger partial charge in [-0.2, -0.15) is 0 Å². The Kier molecular flexibility index (Phi) is 5.80.